The van der Waals surface area contributed by atoms with Gasteiger partial charge in [0.05, 0.1) is 37.6 Å². The van der Waals surface area contributed by atoms with E-state index in [1.165, 1.54) is 39.7 Å². The van der Waals surface area contributed by atoms with E-state index in [9.17, 15) is 9.59 Å². The third kappa shape index (κ3) is 6.89. The highest BCUT2D eigenvalue weighted by Crippen LogP contribution is 2.40. The minimum atomic E-state index is -0.690. The van der Waals surface area contributed by atoms with Crippen LogP contribution in [0.15, 0.2) is 85.2 Å². The zero-order chi connectivity index (χ0) is 32.2. The average molecular weight is 821 g/mol. The van der Waals surface area contributed by atoms with Gasteiger partial charge in [-0.05, 0) is 64.5 Å². The largest absolute Gasteiger partial charge is 0.493 e. The lowest BCUT2D eigenvalue weighted by Crippen LogP contribution is -2.19. The summed E-state index contributed by atoms with van der Waals surface area (Å²) in [6.07, 6.45) is 1.37. The summed E-state index contributed by atoms with van der Waals surface area (Å²) in [4.78, 5) is 30.0. The molecule has 1 heterocycles. The Balaban J connectivity index is 1.45. The van der Waals surface area contributed by atoms with E-state index in [2.05, 4.69) is 63.3 Å². The van der Waals surface area contributed by atoms with Crippen molar-refractivity contribution < 1.29 is 28.5 Å². The van der Waals surface area contributed by atoms with Gasteiger partial charge >= 0.3 is 5.97 Å². The number of benzene rings is 4. The number of fused-ring (bicyclic) bond motifs is 1. The minimum Gasteiger partial charge on any atom is -0.493 e. The zero-order valence-electron chi connectivity index (χ0n) is 23.8. The zero-order valence-corrected chi connectivity index (χ0v) is 29.4. The number of methoxy groups -OCH3 is 3. The molecule has 1 aromatic heterocycles. The van der Waals surface area contributed by atoms with Gasteiger partial charge in [0.2, 0.25) is 5.75 Å². The number of H-pyrrole nitrogens is 1. The third-order valence-electron chi connectivity index (χ3n) is 6.63. The van der Waals surface area contributed by atoms with Crippen LogP contribution in [0.2, 0.25) is 5.02 Å². The van der Waals surface area contributed by atoms with E-state index in [-0.39, 0.29) is 17.0 Å². The minimum absolute atomic E-state index is 0.160. The number of rotatable bonds is 9. The highest BCUT2D eigenvalue weighted by molar-refractivity contribution is 9.11. The van der Waals surface area contributed by atoms with Crippen LogP contribution in [0, 0.1) is 0 Å². The molecule has 0 saturated heterocycles. The fourth-order valence-electron chi connectivity index (χ4n) is 4.63. The normalized spacial score (nSPS) is 11.1. The van der Waals surface area contributed by atoms with Crippen molar-refractivity contribution in [1.29, 1.82) is 0 Å². The lowest BCUT2D eigenvalue weighted by molar-refractivity contribution is 0.0732. The number of halogens is 4. The number of hydrogen-bond acceptors (Lipinski definition) is 7. The first-order chi connectivity index (χ1) is 21.6. The van der Waals surface area contributed by atoms with E-state index >= 15 is 0 Å². The second-order valence-corrected chi connectivity index (χ2v) is 12.4. The highest BCUT2D eigenvalue weighted by atomic mass is 79.9. The van der Waals surface area contributed by atoms with E-state index in [1.807, 2.05) is 36.4 Å². The monoisotopic (exact) mass is 817 g/mol. The van der Waals surface area contributed by atoms with Gasteiger partial charge in [-0.3, -0.25) is 4.79 Å². The molecule has 0 unspecified atom stereocenters. The lowest BCUT2D eigenvalue weighted by Gasteiger charge is -2.15. The smallest absolute Gasteiger partial charge is 0.343 e. The maximum atomic E-state index is 13.5. The van der Waals surface area contributed by atoms with Crippen molar-refractivity contribution in [3.63, 3.8) is 0 Å². The van der Waals surface area contributed by atoms with Crippen LogP contribution in [0.4, 0.5) is 0 Å². The van der Waals surface area contributed by atoms with Gasteiger partial charge in [0, 0.05) is 41.6 Å². The molecule has 5 rings (SSSR count). The molecule has 5 aromatic rings. The van der Waals surface area contributed by atoms with Crippen LogP contribution >= 0.6 is 59.4 Å². The van der Waals surface area contributed by atoms with Crippen LogP contribution in [-0.2, 0) is 0 Å². The summed E-state index contributed by atoms with van der Waals surface area (Å²) in [6.45, 7) is 0. The van der Waals surface area contributed by atoms with Crippen LogP contribution in [-0.4, -0.2) is 44.4 Å². The van der Waals surface area contributed by atoms with Crippen LogP contribution in [0.25, 0.3) is 22.0 Å². The number of ether oxygens (including phenoxy) is 4. The molecule has 0 saturated carbocycles. The van der Waals surface area contributed by atoms with Gasteiger partial charge in [0.15, 0.2) is 17.2 Å². The Morgan fingerprint density at radius 3 is 2.24 bits per heavy atom. The van der Waals surface area contributed by atoms with Gasteiger partial charge in [-0.15, -0.1) is 0 Å². The van der Waals surface area contributed by atoms with Gasteiger partial charge in [0.1, 0.15) is 5.69 Å². The van der Waals surface area contributed by atoms with E-state index in [4.69, 9.17) is 30.5 Å². The molecule has 0 radical (unpaired) electrons. The number of nitrogens with one attached hydrogen (secondary N) is 2. The van der Waals surface area contributed by atoms with E-state index in [0.29, 0.717) is 47.9 Å². The van der Waals surface area contributed by atoms with Gasteiger partial charge in [-0.25, -0.2) is 10.2 Å². The highest BCUT2D eigenvalue weighted by Gasteiger charge is 2.23. The number of nitrogens with zero attached hydrogens (tertiary/aromatic N) is 1. The number of aromatic nitrogens is 1. The summed E-state index contributed by atoms with van der Waals surface area (Å²) in [7, 11) is 4.37. The Kier molecular flexibility index (Phi) is 10.2. The number of carbonyl (C=O) groups is 2. The Hall–Kier alpha value is -3.84. The Morgan fingerprint density at radius 1 is 0.867 bits per heavy atom. The van der Waals surface area contributed by atoms with E-state index < -0.39 is 11.9 Å². The van der Waals surface area contributed by atoms with E-state index in [0.717, 1.165) is 15.4 Å². The Bertz CT molecular complexity index is 1950. The van der Waals surface area contributed by atoms with Crippen LogP contribution in [0.3, 0.4) is 0 Å². The summed E-state index contributed by atoms with van der Waals surface area (Å²) in [5, 5.41) is 5.49. The van der Waals surface area contributed by atoms with Gasteiger partial charge in [0.25, 0.3) is 5.91 Å². The summed E-state index contributed by atoms with van der Waals surface area (Å²) in [5.41, 5.74) is 5.47. The molecule has 0 aliphatic heterocycles. The molecule has 0 aliphatic carbocycles. The first-order valence-corrected chi connectivity index (χ1v) is 15.8. The molecule has 45 heavy (non-hydrogen) atoms. The second-order valence-electron chi connectivity index (χ2n) is 9.35. The van der Waals surface area contributed by atoms with Gasteiger partial charge < -0.3 is 23.9 Å². The molecular weight excluding hydrogens is 798 g/mol. The van der Waals surface area contributed by atoms with Crippen molar-refractivity contribution in [3.05, 3.63) is 102 Å². The number of hydrazone groups is 1. The topological polar surface area (TPSA) is 111 Å². The van der Waals surface area contributed by atoms with Crippen LogP contribution in [0.5, 0.6) is 23.0 Å². The molecule has 0 bridgehead atoms. The fourth-order valence-corrected chi connectivity index (χ4v) is 6.56. The standard InChI is InChI=1S/C32H23Br3ClN3O6/c1-42-25-11-16(12-26(43-2)30(25)44-3)32(41)45-29-17(10-19(34)14-22(29)35)15-37-39-31(40)28-27(20-6-4-5-7-23(20)36)21-13-18(33)8-9-24(21)38-28/h4-15,38H,1-3H3,(H,39,40). The quantitative estimate of drug-likeness (QED) is 0.0666. The van der Waals surface area contributed by atoms with Crippen molar-refractivity contribution in [2.24, 2.45) is 5.10 Å². The first kappa shape index (κ1) is 32.6. The fraction of sp³-hybridized carbons (Fsp3) is 0.0938. The van der Waals surface area contributed by atoms with Crippen molar-refractivity contribution >= 4 is 88.4 Å². The van der Waals surface area contributed by atoms with Crippen molar-refractivity contribution in [3.8, 4) is 34.1 Å². The summed E-state index contributed by atoms with van der Waals surface area (Å²) >= 11 is 17.0. The summed E-state index contributed by atoms with van der Waals surface area (Å²) < 4.78 is 23.8. The third-order valence-corrected chi connectivity index (χ3v) is 8.50. The average Bonchev–Trinajstić information content (AvgIpc) is 3.40. The maximum absolute atomic E-state index is 13.5. The molecule has 0 fully saturated rings. The van der Waals surface area contributed by atoms with Gasteiger partial charge in [-0.1, -0.05) is 61.7 Å². The molecule has 0 atom stereocenters. The van der Waals surface area contributed by atoms with E-state index in [1.54, 1.807) is 18.2 Å². The van der Waals surface area contributed by atoms with Crippen LogP contribution < -0.4 is 24.4 Å². The number of hydrogen-bond donors (Lipinski definition) is 2. The van der Waals surface area contributed by atoms with Crippen LogP contribution in [0.1, 0.15) is 26.4 Å². The predicted molar refractivity (Wildman–Crippen MR) is 184 cm³/mol. The maximum Gasteiger partial charge on any atom is 0.343 e. The molecule has 4 aromatic carbocycles. The Labute approximate surface area is 288 Å². The summed E-state index contributed by atoms with van der Waals surface area (Å²) in [6, 6.07) is 19.3. The lowest BCUT2D eigenvalue weighted by atomic mass is 10.0. The number of aromatic amines is 1. The molecule has 1 amide bonds. The van der Waals surface area contributed by atoms with Crippen molar-refractivity contribution in [1.82, 2.24) is 10.4 Å². The molecule has 2 N–H and O–H groups in total. The SMILES string of the molecule is COc1cc(C(=O)Oc2c(Br)cc(Br)cc2C=NNC(=O)c2[nH]c3ccc(Br)cc3c2-c2ccccc2Cl)cc(OC)c1OC. The molecule has 13 heteroatoms. The number of amides is 1. The molecule has 0 spiro atoms. The van der Waals surface area contributed by atoms with Crippen molar-refractivity contribution in [2.45, 2.75) is 0 Å². The molecule has 9 nitrogen and oxygen atoms in total. The predicted octanol–water partition coefficient (Wildman–Crippen LogP) is 8.78. The molecule has 230 valence electrons. The second kappa shape index (κ2) is 14.1. The molecule has 0 aliphatic rings. The Morgan fingerprint density at radius 2 is 1.58 bits per heavy atom. The number of esters is 1. The first-order valence-electron chi connectivity index (χ1n) is 13.1. The summed E-state index contributed by atoms with van der Waals surface area (Å²) in [5.74, 6) is -0.0946. The van der Waals surface area contributed by atoms with Crippen molar-refractivity contribution in [2.75, 3.05) is 21.3 Å². The van der Waals surface area contributed by atoms with Gasteiger partial charge in [-0.2, -0.15) is 5.10 Å². The number of carbonyl (C=O) groups excluding carboxylic acids is 2. The molecular formula is C32H23Br3ClN3O6.